The third kappa shape index (κ3) is 7.46. The number of carbonyl (C=O) groups is 5. The van der Waals surface area contributed by atoms with Gasteiger partial charge in [-0.15, -0.1) is 0 Å². The average Bonchev–Trinajstić information content (AvgIpc) is 2.85. The van der Waals surface area contributed by atoms with Gasteiger partial charge in [0.2, 0.25) is 11.4 Å². The quantitative estimate of drug-likeness (QED) is 0.204. The molecule has 1 amide bonds. The molecule has 0 fully saturated rings. The van der Waals surface area contributed by atoms with E-state index in [0.717, 1.165) is 12.1 Å². The molecule has 0 heterocycles. The zero-order chi connectivity index (χ0) is 26.7. The number of carbonyl (C=O) groups excluding carboxylic acids is 5. The number of hydrogen-bond donors (Lipinski definition) is 1. The van der Waals surface area contributed by atoms with E-state index in [1.807, 2.05) is 0 Å². The van der Waals surface area contributed by atoms with Crippen LogP contribution in [0.4, 0.5) is 4.39 Å². The maximum atomic E-state index is 13.0. The minimum Gasteiger partial charge on any atom is -0.464 e. The van der Waals surface area contributed by atoms with Gasteiger partial charge < -0.3 is 19.5 Å². The van der Waals surface area contributed by atoms with E-state index in [4.69, 9.17) is 14.2 Å². The van der Waals surface area contributed by atoms with Crippen molar-refractivity contribution >= 4 is 29.6 Å². The average molecular weight is 502 g/mol. The van der Waals surface area contributed by atoms with Crippen LogP contribution in [0.2, 0.25) is 0 Å². The van der Waals surface area contributed by atoms with Crippen LogP contribution in [0.3, 0.4) is 0 Å². The normalized spacial score (nSPS) is 10.8. The smallest absolute Gasteiger partial charge is 0.343 e. The predicted molar refractivity (Wildman–Crippen MR) is 126 cm³/mol. The van der Waals surface area contributed by atoms with Gasteiger partial charge in [-0.2, -0.15) is 0 Å². The summed E-state index contributed by atoms with van der Waals surface area (Å²) in [5.41, 5.74) is -0.959. The summed E-state index contributed by atoms with van der Waals surface area (Å²) in [5.74, 6) is -4.16. The highest BCUT2D eigenvalue weighted by molar-refractivity contribution is 6.07. The van der Waals surface area contributed by atoms with Gasteiger partial charge in [0.05, 0.1) is 18.8 Å². The molecule has 0 saturated carbocycles. The van der Waals surface area contributed by atoms with E-state index in [1.165, 1.54) is 31.2 Å². The number of hydrogen-bond acceptors (Lipinski definition) is 8. The topological polar surface area (TPSA) is 125 Å². The first-order valence-electron chi connectivity index (χ1n) is 11.3. The van der Waals surface area contributed by atoms with E-state index in [2.05, 4.69) is 5.32 Å². The lowest BCUT2D eigenvalue weighted by Gasteiger charge is -2.29. The van der Waals surface area contributed by atoms with Crippen molar-refractivity contribution in [3.8, 4) is 0 Å². The summed E-state index contributed by atoms with van der Waals surface area (Å²) in [5, 5.41) is 2.39. The Balaban J connectivity index is 2.08. The fourth-order valence-corrected chi connectivity index (χ4v) is 3.33. The number of amides is 1. The third-order valence-electron chi connectivity index (χ3n) is 5.12. The predicted octanol–water partition coefficient (Wildman–Crippen LogP) is 2.80. The van der Waals surface area contributed by atoms with Crippen LogP contribution in [0.15, 0.2) is 48.5 Å². The third-order valence-corrected chi connectivity index (χ3v) is 5.12. The maximum absolute atomic E-state index is 13.0. The monoisotopic (exact) mass is 501 g/mol. The molecule has 0 aliphatic rings. The SMILES string of the molecule is CCOC(=O)C(CCc1ccc(C(=O)COC(=O)c2ccc(F)cc2)cc1)(NC(C)=O)C(=O)OCC. The van der Waals surface area contributed by atoms with Gasteiger partial charge in [-0.1, -0.05) is 24.3 Å². The van der Waals surface area contributed by atoms with E-state index >= 15 is 0 Å². The lowest BCUT2D eigenvalue weighted by atomic mass is 9.90. The molecule has 0 spiro atoms. The molecular weight excluding hydrogens is 473 g/mol. The molecule has 192 valence electrons. The fraction of sp³-hybridized carbons (Fsp3) is 0.346. The number of aryl methyl sites for hydroxylation is 1. The van der Waals surface area contributed by atoms with Crippen LogP contribution in [-0.4, -0.2) is 55.0 Å². The van der Waals surface area contributed by atoms with E-state index in [9.17, 15) is 28.4 Å². The number of rotatable bonds is 12. The molecule has 10 heteroatoms. The molecule has 9 nitrogen and oxygen atoms in total. The Hall–Kier alpha value is -4.08. The first kappa shape index (κ1) is 28.2. The Labute approximate surface area is 207 Å². The van der Waals surface area contributed by atoms with Crippen molar-refractivity contribution in [3.63, 3.8) is 0 Å². The van der Waals surface area contributed by atoms with E-state index in [-0.39, 0.29) is 37.2 Å². The number of ketones is 1. The molecule has 0 aliphatic heterocycles. The van der Waals surface area contributed by atoms with E-state index in [0.29, 0.717) is 5.56 Å². The van der Waals surface area contributed by atoms with Crippen LogP contribution < -0.4 is 5.32 Å². The molecule has 36 heavy (non-hydrogen) atoms. The van der Waals surface area contributed by atoms with E-state index < -0.39 is 47.6 Å². The van der Waals surface area contributed by atoms with E-state index in [1.54, 1.807) is 26.0 Å². The molecule has 0 atom stereocenters. The van der Waals surface area contributed by atoms with Crippen molar-refractivity contribution in [2.75, 3.05) is 19.8 Å². The first-order valence-corrected chi connectivity index (χ1v) is 11.3. The van der Waals surface area contributed by atoms with Gasteiger partial charge in [0.15, 0.2) is 12.4 Å². The Morgan fingerprint density at radius 2 is 1.33 bits per heavy atom. The van der Waals surface area contributed by atoms with Crippen molar-refractivity contribution in [2.24, 2.45) is 0 Å². The molecule has 0 unspecified atom stereocenters. The zero-order valence-corrected chi connectivity index (χ0v) is 20.3. The Kier molecular flexibility index (Phi) is 10.3. The number of halogens is 1. The van der Waals surface area contributed by atoms with Crippen LogP contribution in [-0.2, 0) is 35.0 Å². The minimum absolute atomic E-state index is 0.00210. The van der Waals surface area contributed by atoms with Crippen LogP contribution in [0.25, 0.3) is 0 Å². The highest BCUT2D eigenvalue weighted by atomic mass is 19.1. The van der Waals surface area contributed by atoms with Gasteiger partial charge in [-0.3, -0.25) is 9.59 Å². The molecule has 2 aromatic carbocycles. The maximum Gasteiger partial charge on any atom is 0.343 e. The Morgan fingerprint density at radius 3 is 1.83 bits per heavy atom. The standard InChI is InChI=1S/C26H28FNO8/c1-4-34-24(32)26(28-17(3)29,25(33)35-5-2)15-14-18-6-8-19(9-7-18)22(30)16-36-23(31)20-10-12-21(27)13-11-20/h6-13H,4-5,14-16H2,1-3H3,(H,28,29). The number of Topliss-reactive ketones (excluding diaryl/α,β-unsaturated/α-hetero) is 1. The second-order valence-corrected chi connectivity index (χ2v) is 7.73. The lowest BCUT2D eigenvalue weighted by Crippen LogP contribution is -2.61. The largest absolute Gasteiger partial charge is 0.464 e. The van der Waals surface area contributed by atoms with Gasteiger partial charge >= 0.3 is 17.9 Å². The molecule has 0 radical (unpaired) electrons. The van der Waals surface area contributed by atoms with Crippen molar-refractivity contribution in [3.05, 3.63) is 71.0 Å². The molecule has 0 saturated heterocycles. The van der Waals surface area contributed by atoms with Gasteiger partial charge in [0, 0.05) is 12.5 Å². The zero-order valence-electron chi connectivity index (χ0n) is 20.3. The molecule has 0 aromatic heterocycles. The highest BCUT2D eigenvalue weighted by Crippen LogP contribution is 2.20. The number of ether oxygens (including phenoxy) is 3. The minimum atomic E-state index is -2.01. The summed E-state index contributed by atoms with van der Waals surface area (Å²) in [4.78, 5) is 61.6. The molecular formula is C26H28FNO8. The van der Waals surface area contributed by atoms with Crippen LogP contribution in [0.5, 0.6) is 0 Å². The van der Waals surface area contributed by atoms with Crippen molar-refractivity contribution in [1.29, 1.82) is 0 Å². The van der Waals surface area contributed by atoms with Gasteiger partial charge in [-0.25, -0.2) is 18.8 Å². The summed E-state index contributed by atoms with van der Waals surface area (Å²) in [6.07, 6.45) is 0.0404. The second-order valence-electron chi connectivity index (χ2n) is 7.73. The van der Waals surface area contributed by atoms with Crippen molar-refractivity contribution < 1.29 is 42.6 Å². The molecule has 0 bridgehead atoms. The van der Waals surface area contributed by atoms with Gasteiger partial charge in [-0.05, 0) is 56.5 Å². The summed E-state index contributed by atoms with van der Waals surface area (Å²) in [6.45, 7) is 3.83. The van der Waals surface area contributed by atoms with Crippen molar-refractivity contribution in [2.45, 2.75) is 39.2 Å². The molecule has 0 aliphatic carbocycles. The Morgan fingerprint density at radius 1 is 0.806 bits per heavy atom. The molecule has 2 rings (SSSR count). The summed E-state index contributed by atoms with van der Waals surface area (Å²) in [7, 11) is 0. The lowest BCUT2D eigenvalue weighted by molar-refractivity contribution is -0.168. The summed E-state index contributed by atoms with van der Waals surface area (Å²) >= 11 is 0. The highest BCUT2D eigenvalue weighted by Gasteiger charge is 2.49. The van der Waals surface area contributed by atoms with Crippen molar-refractivity contribution in [1.82, 2.24) is 5.32 Å². The van der Waals surface area contributed by atoms with Crippen LogP contribution in [0, 0.1) is 5.82 Å². The number of esters is 3. The molecule has 1 N–H and O–H groups in total. The van der Waals surface area contributed by atoms with Crippen LogP contribution in [0.1, 0.15) is 53.5 Å². The number of benzene rings is 2. The van der Waals surface area contributed by atoms with Gasteiger partial charge in [0.25, 0.3) is 0 Å². The molecule has 2 aromatic rings. The first-order chi connectivity index (χ1) is 17.1. The van der Waals surface area contributed by atoms with Gasteiger partial charge in [0.1, 0.15) is 5.82 Å². The fourth-order valence-electron chi connectivity index (χ4n) is 3.33. The number of nitrogens with one attached hydrogen (secondary N) is 1. The second kappa shape index (κ2) is 13.1. The van der Waals surface area contributed by atoms with Crippen LogP contribution >= 0.6 is 0 Å². The Bertz CT molecular complexity index is 1080. The summed E-state index contributed by atoms with van der Waals surface area (Å²) in [6, 6.07) is 11.0. The summed E-state index contributed by atoms with van der Waals surface area (Å²) < 4.78 is 28.0.